The monoisotopic (exact) mass is 549 g/mol. The third-order valence-corrected chi connectivity index (χ3v) is 6.96. The van der Waals surface area contributed by atoms with E-state index in [1.807, 2.05) is 61.5 Å². The number of aryl methyl sites for hydroxylation is 1. The van der Waals surface area contributed by atoms with Gasteiger partial charge in [0.05, 0.1) is 19.2 Å². The van der Waals surface area contributed by atoms with Crippen LogP contribution in [0.15, 0.2) is 103 Å². The van der Waals surface area contributed by atoms with Crippen molar-refractivity contribution in [2.75, 3.05) is 12.4 Å². The molecule has 3 amide bonds. The quantitative estimate of drug-likeness (QED) is 0.282. The van der Waals surface area contributed by atoms with Crippen molar-refractivity contribution in [1.29, 1.82) is 0 Å². The molecule has 41 heavy (non-hydrogen) atoms. The molecule has 0 radical (unpaired) electrons. The van der Waals surface area contributed by atoms with Gasteiger partial charge in [0.2, 0.25) is 5.91 Å². The predicted octanol–water partition coefficient (Wildman–Crippen LogP) is 5.63. The minimum absolute atomic E-state index is 0.212. The summed E-state index contributed by atoms with van der Waals surface area (Å²) in [5, 5.41) is 5.85. The number of rotatable bonds is 9. The van der Waals surface area contributed by atoms with Gasteiger partial charge in [0.25, 0.3) is 5.91 Å². The molecule has 5 rings (SSSR count). The van der Waals surface area contributed by atoms with Gasteiger partial charge < -0.3 is 20.1 Å². The molecule has 1 fully saturated rings. The Kier molecular flexibility index (Phi) is 8.29. The SMILES string of the molecule is COc1ccccc1C(=O)Nc1cccc([C@H]2OC(=O)N(Cc3ccc(C)cc3)[C@H]2C(=O)NCc2ccccc2)c1. The van der Waals surface area contributed by atoms with Crippen molar-refractivity contribution < 1.29 is 23.9 Å². The minimum Gasteiger partial charge on any atom is -0.496 e. The lowest BCUT2D eigenvalue weighted by Crippen LogP contribution is -2.46. The summed E-state index contributed by atoms with van der Waals surface area (Å²) in [7, 11) is 1.51. The Morgan fingerprint density at radius 2 is 1.61 bits per heavy atom. The van der Waals surface area contributed by atoms with Gasteiger partial charge in [-0.3, -0.25) is 14.5 Å². The fraction of sp³-hybridized carbons (Fsp3) is 0.182. The van der Waals surface area contributed by atoms with E-state index in [1.165, 1.54) is 12.0 Å². The number of carbonyl (C=O) groups excluding carboxylic acids is 3. The summed E-state index contributed by atoms with van der Waals surface area (Å²) in [6, 6.07) is 30.4. The van der Waals surface area contributed by atoms with Gasteiger partial charge in [-0.15, -0.1) is 0 Å². The highest BCUT2D eigenvalue weighted by Crippen LogP contribution is 2.35. The first-order chi connectivity index (χ1) is 19.9. The van der Waals surface area contributed by atoms with Crippen LogP contribution in [0.1, 0.15) is 38.7 Å². The third-order valence-electron chi connectivity index (χ3n) is 6.96. The van der Waals surface area contributed by atoms with E-state index >= 15 is 0 Å². The van der Waals surface area contributed by atoms with E-state index in [-0.39, 0.29) is 18.4 Å². The van der Waals surface area contributed by atoms with Crippen molar-refractivity contribution in [3.05, 3.63) is 131 Å². The van der Waals surface area contributed by atoms with E-state index in [1.54, 1.807) is 48.5 Å². The maximum absolute atomic E-state index is 13.7. The summed E-state index contributed by atoms with van der Waals surface area (Å²) in [6.45, 7) is 2.51. The van der Waals surface area contributed by atoms with E-state index in [0.717, 1.165) is 16.7 Å². The lowest BCUT2D eigenvalue weighted by atomic mass is 9.99. The van der Waals surface area contributed by atoms with E-state index in [9.17, 15) is 14.4 Å². The molecule has 4 aromatic carbocycles. The van der Waals surface area contributed by atoms with Crippen LogP contribution in [0.4, 0.5) is 10.5 Å². The molecule has 8 nitrogen and oxygen atoms in total. The zero-order valence-corrected chi connectivity index (χ0v) is 22.9. The van der Waals surface area contributed by atoms with Crippen LogP contribution in [-0.2, 0) is 22.6 Å². The predicted molar refractivity (Wildman–Crippen MR) is 155 cm³/mol. The van der Waals surface area contributed by atoms with Crippen molar-refractivity contribution in [3.63, 3.8) is 0 Å². The fourth-order valence-electron chi connectivity index (χ4n) is 4.81. The molecule has 0 bridgehead atoms. The second kappa shape index (κ2) is 12.4. The van der Waals surface area contributed by atoms with Gasteiger partial charge in [-0.2, -0.15) is 0 Å². The second-order valence-corrected chi connectivity index (χ2v) is 9.85. The van der Waals surface area contributed by atoms with Gasteiger partial charge in [-0.25, -0.2) is 4.79 Å². The molecule has 0 saturated carbocycles. The lowest BCUT2D eigenvalue weighted by molar-refractivity contribution is -0.126. The number of benzene rings is 4. The van der Waals surface area contributed by atoms with E-state index in [4.69, 9.17) is 9.47 Å². The van der Waals surface area contributed by atoms with Crippen molar-refractivity contribution in [1.82, 2.24) is 10.2 Å². The van der Waals surface area contributed by atoms with Crippen LogP contribution in [0, 0.1) is 6.92 Å². The first kappa shape index (κ1) is 27.5. The number of hydrogen-bond donors (Lipinski definition) is 2. The van der Waals surface area contributed by atoms with Crippen LogP contribution in [0.5, 0.6) is 5.75 Å². The molecule has 0 unspecified atom stereocenters. The van der Waals surface area contributed by atoms with Crippen molar-refractivity contribution in [3.8, 4) is 5.75 Å². The van der Waals surface area contributed by atoms with Gasteiger partial charge in [0.1, 0.15) is 5.75 Å². The minimum atomic E-state index is -0.923. The summed E-state index contributed by atoms with van der Waals surface area (Å²) in [5.41, 5.74) is 4.38. The molecule has 0 spiro atoms. The molecule has 1 saturated heterocycles. The Hall–Kier alpha value is -5.11. The Balaban J connectivity index is 1.41. The first-order valence-electron chi connectivity index (χ1n) is 13.3. The van der Waals surface area contributed by atoms with Gasteiger partial charge in [-0.1, -0.05) is 84.4 Å². The van der Waals surface area contributed by atoms with Crippen LogP contribution in [0.2, 0.25) is 0 Å². The first-order valence-corrected chi connectivity index (χ1v) is 13.3. The van der Waals surface area contributed by atoms with Crippen molar-refractivity contribution in [2.45, 2.75) is 32.2 Å². The molecule has 8 heteroatoms. The number of anilines is 1. The van der Waals surface area contributed by atoms with Gasteiger partial charge in [0.15, 0.2) is 12.1 Å². The number of para-hydroxylation sites is 1. The Morgan fingerprint density at radius 3 is 2.37 bits per heavy atom. The van der Waals surface area contributed by atoms with Crippen molar-refractivity contribution in [2.24, 2.45) is 0 Å². The summed E-state index contributed by atoms with van der Waals surface area (Å²) in [5.74, 6) is -0.228. The van der Waals surface area contributed by atoms with E-state index in [0.29, 0.717) is 29.1 Å². The summed E-state index contributed by atoms with van der Waals surface area (Å²) in [6.07, 6.45) is -1.47. The zero-order valence-electron chi connectivity index (χ0n) is 22.9. The molecule has 1 heterocycles. The molecule has 1 aliphatic rings. The third kappa shape index (κ3) is 6.38. The summed E-state index contributed by atoms with van der Waals surface area (Å²) >= 11 is 0. The topological polar surface area (TPSA) is 97.0 Å². The smallest absolute Gasteiger partial charge is 0.411 e. The zero-order chi connectivity index (χ0) is 28.8. The maximum atomic E-state index is 13.7. The lowest BCUT2D eigenvalue weighted by Gasteiger charge is -2.24. The number of ether oxygens (including phenoxy) is 2. The molecule has 2 atom stereocenters. The average Bonchev–Trinajstić information content (AvgIpc) is 3.33. The molecular weight excluding hydrogens is 518 g/mol. The van der Waals surface area contributed by atoms with Crippen LogP contribution in [0.25, 0.3) is 0 Å². The molecule has 1 aliphatic heterocycles. The van der Waals surface area contributed by atoms with E-state index < -0.39 is 18.2 Å². The number of nitrogens with zero attached hydrogens (tertiary/aromatic N) is 1. The number of methoxy groups -OCH3 is 1. The Labute approximate surface area is 238 Å². The molecule has 0 aliphatic carbocycles. The second-order valence-electron chi connectivity index (χ2n) is 9.85. The van der Waals surface area contributed by atoms with Crippen LogP contribution in [-0.4, -0.2) is 36.0 Å². The van der Waals surface area contributed by atoms with Gasteiger partial charge >= 0.3 is 6.09 Å². The van der Waals surface area contributed by atoms with Crippen LogP contribution in [0.3, 0.4) is 0 Å². The molecular formula is C33H31N3O5. The molecule has 2 N–H and O–H groups in total. The Bertz CT molecular complexity index is 1540. The molecule has 0 aromatic heterocycles. The number of cyclic esters (lactones) is 1. The highest BCUT2D eigenvalue weighted by molar-refractivity contribution is 6.06. The van der Waals surface area contributed by atoms with Crippen LogP contribution >= 0.6 is 0 Å². The number of carbonyl (C=O) groups is 3. The Morgan fingerprint density at radius 1 is 0.878 bits per heavy atom. The molecule has 4 aromatic rings. The number of hydrogen-bond acceptors (Lipinski definition) is 5. The van der Waals surface area contributed by atoms with E-state index in [2.05, 4.69) is 10.6 Å². The van der Waals surface area contributed by atoms with Crippen LogP contribution < -0.4 is 15.4 Å². The van der Waals surface area contributed by atoms with Crippen molar-refractivity contribution >= 4 is 23.6 Å². The summed E-state index contributed by atoms with van der Waals surface area (Å²) in [4.78, 5) is 41.3. The fourth-order valence-corrected chi connectivity index (χ4v) is 4.81. The maximum Gasteiger partial charge on any atom is 0.411 e. The summed E-state index contributed by atoms with van der Waals surface area (Å²) < 4.78 is 11.1. The normalized spacial score (nSPS) is 16.1. The van der Waals surface area contributed by atoms with Gasteiger partial charge in [0, 0.05) is 12.2 Å². The standard InChI is InChI=1S/C33H31N3O5/c1-22-15-17-24(18-16-22)21-36-29(32(38)34-20-23-9-4-3-5-10-23)30(41-33(36)39)25-11-8-12-26(19-25)35-31(37)27-13-6-7-14-28(27)40-2/h3-19,29-30H,20-21H2,1-2H3,(H,34,38)(H,35,37)/t29-,30-/m1/s1. The number of amides is 3. The highest BCUT2D eigenvalue weighted by Gasteiger charge is 2.47. The number of nitrogens with one attached hydrogen (secondary N) is 2. The highest BCUT2D eigenvalue weighted by atomic mass is 16.6. The average molecular weight is 550 g/mol. The largest absolute Gasteiger partial charge is 0.496 e. The molecule has 208 valence electrons. The van der Waals surface area contributed by atoms with Gasteiger partial charge in [-0.05, 0) is 47.9 Å².